The fraction of sp³-hybridized carbons (Fsp3) is 0.462. The molecule has 3 nitrogen and oxygen atoms in total. The van der Waals surface area contributed by atoms with Crippen LogP contribution in [0.1, 0.15) is 40.9 Å². The van der Waals surface area contributed by atoms with E-state index < -0.39 is 5.97 Å². The van der Waals surface area contributed by atoms with Crippen LogP contribution in [0.4, 0.5) is 0 Å². The van der Waals surface area contributed by atoms with Gasteiger partial charge in [-0.1, -0.05) is 19.9 Å². The third-order valence-electron chi connectivity index (χ3n) is 2.50. The van der Waals surface area contributed by atoms with Crippen LogP contribution >= 0.6 is 0 Å². The third kappa shape index (κ3) is 2.83. The normalized spacial score (nSPS) is 10.8. The number of hydrogen-bond donors (Lipinski definition) is 2. The Bertz CT molecular complexity index is 394. The van der Waals surface area contributed by atoms with Crippen LogP contribution in [0, 0.1) is 12.8 Å². The molecule has 0 aromatic heterocycles. The predicted molar refractivity (Wildman–Crippen MR) is 62.6 cm³/mol. The standard InChI is InChI=1S/C13H18O3/c1-8(2)4-10-5-9(3)6-11(13(15)16)12(10)7-14/h5-6,8,14H,4,7H2,1-3H3,(H,15,16). The van der Waals surface area contributed by atoms with E-state index in [4.69, 9.17) is 5.11 Å². The summed E-state index contributed by atoms with van der Waals surface area (Å²) in [5.74, 6) is -0.536. The van der Waals surface area contributed by atoms with Gasteiger partial charge in [-0.2, -0.15) is 0 Å². The van der Waals surface area contributed by atoms with E-state index in [9.17, 15) is 9.90 Å². The van der Waals surface area contributed by atoms with Crippen molar-refractivity contribution < 1.29 is 15.0 Å². The van der Waals surface area contributed by atoms with E-state index in [1.807, 2.05) is 13.0 Å². The van der Waals surface area contributed by atoms with Crippen molar-refractivity contribution in [2.24, 2.45) is 5.92 Å². The van der Waals surface area contributed by atoms with Gasteiger partial charge in [0.25, 0.3) is 0 Å². The lowest BCUT2D eigenvalue weighted by atomic mass is 9.92. The molecule has 0 unspecified atom stereocenters. The highest BCUT2D eigenvalue weighted by Crippen LogP contribution is 2.21. The van der Waals surface area contributed by atoms with Crippen molar-refractivity contribution in [1.29, 1.82) is 0 Å². The van der Waals surface area contributed by atoms with Crippen LogP contribution in [0.3, 0.4) is 0 Å². The Morgan fingerprint density at radius 2 is 2.00 bits per heavy atom. The van der Waals surface area contributed by atoms with Crippen molar-refractivity contribution in [2.75, 3.05) is 0 Å². The number of aryl methyl sites for hydroxylation is 1. The molecule has 0 aliphatic rings. The van der Waals surface area contributed by atoms with Gasteiger partial charge >= 0.3 is 5.97 Å². The molecule has 1 aromatic rings. The first kappa shape index (κ1) is 12.7. The molecule has 0 fully saturated rings. The highest BCUT2D eigenvalue weighted by Gasteiger charge is 2.15. The highest BCUT2D eigenvalue weighted by molar-refractivity contribution is 5.90. The summed E-state index contributed by atoms with van der Waals surface area (Å²) in [4.78, 5) is 11.1. The third-order valence-corrected chi connectivity index (χ3v) is 2.50. The molecule has 0 aliphatic heterocycles. The summed E-state index contributed by atoms with van der Waals surface area (Å²) >= 11 is 0. The van der Waals surface area contributed by atoms with Gasteiger partial charge in [-0.15, -0.1) is 0 Å². The summed E-state index contributed by atoms with van der Waals surface area (Å²) in [5, 5.41) is 18.4. The van der Waals surface area contributed by atoms with Gasteiger partial charge in [0.15, 0.2) is 0 Å². The molecule has 0 heterocycles. The lowest BCUT2D eigenvalue weighted by Gasteiger charge is -2.13. The van der Waals surface area contributed by atoms with E-state index in [1.165, 1.54) is 0 Å². The number of aromatic carboxylic acids is 1. The molecule has 0 saturated carbocycles. The first-order chi connectivity index (χ1) is 7.45. The molecular weight excluding hydrogens is 204 g/mol. The Balaban J connectivity index is 3.30. The Hall–Kier alpha value is -1.35. The van der Waals surface area contributed by atoms with E-state index >= 15 is 0 Å². The topological polar surface area (TPSA) is 57.5 Å². The van der Waals surface area contributed by atoms with Crippen LogP contribution in [-0.2, 0) is 13.0 Å². The minimum atomic E-state index is -0.974. The zero-order valence-electron chi connectivity index (χ0n) is 9.95. The molecule has 16 heavy (non-hydrogen) atoms. The van der Waals surface area contributed by atoms with Crippen LogP contribution in [0.2, 0.25) is 0 Å². The molecule has 3 heteroatoms. The molecule has 0 bridgehead atoms. The number of hydrogen-bond acceptors (Lipinski definition) is 2. The number of aliphatic hydroxyl groups excluding tert-OH is 1. The average Bonchev–Trinajstić information content (AvgIpc) is 2.15. The Kier molecular flexibility index (Phi) is 4.07. The van der Waals surface area contributed by atoms with E-state index in [1.54, 1.807) is 6.07 Å². The molecule has 0 saturated heterocycles. The summed E-state index contributed by atoms with van der Waals surface area (Å²) in [6.07, 6.45) is 0.790. The van der Waals surface area contributed by atoms with Gasteiger partial charge in [0.05, 0.1) is 12.2 Å². The number of carboxylic acid groups (broad SMARTS) is 1. The smallest absolute Gasteiger partial charge is 0.336 e. The van der Waals surface area contributed by atoms with Gasteiger partial charge in [-0.25, -0.2) is 4.79 Å². The maximum atomic E-state index is 11.1. The number of benzene rings is 1. The average molecular weight is 222 g/mol. The van der Waals surface area contributed by atoms with E-state index in [-0.39, 0.29) is 12.2 Å². The second kappa shape index (κ2) is 5.12. The van der Waals surface area contributed by atoms with Crippen molar-refractivity contribution in [3.63, 3.8) is 0 Å². The summed E-state index contributed by atoms with van der Waals surface area (Å²) in [7, 11) is 0. The molecule has 0 atom stereocenters. The Morgan fingerprint density at radius 1 is 1.38 bits per heavy atom. The number of carboxylic acids is 1. The van der Waals surface area contributed by atoms with Crippen LogP contribution < -0.4 is 0 Å². The van der Waals surface area contributed by atoms with Crippen molar-refractivity contribution >= 4 is 5.97 Å². The second-order valence-corrected chi connectivity index (χ2v) is 4.51. The highest BCUT2D eigenvalue weighted by atomic mass is 16.4. The molecule has 1 aromatic carbocycles. The van der Waals surface area contributed by atoms with Gasteiger partial charge in [0.2, 0.25) is 0 Å². The SMILES string of the molecule is Cc1cc(CC(C)C)c(CO)c(C(=O)O)c1. The molecule has 0 aliphatic carbocycles. The first-order valence-corrected chi connectivity index (χ1v) is 5.42. The fourth-order valence-corrected chi connectivity index (χ4v) is 1.89. The van der Waals surface area contributed by atoms with Crippen LogP contribution in [0.25, 0.3) is 0 Å². The zero-order chi connectivity index (χ0) is 12.3. The maximum Gasteiger partial charge on any atom is 0.336 e. The van der Waals surface area contributed by atoms with Crippen LogP contribution in [0.15, 0.2) is 12.1 Å². The second-order valence-electron chi connectivity index (χ2n) is 4.51. The van der Waals surface area contributed by atoms with Gasteiger partial charge in [0.1, 0.15) is 0 Å². The van der Waals surface area contributed by atoms with Crippen molar-refractivity contribution in [1.82, 2.24) is 0 Å². The summed E-state index contributed by atoms with van der Waals surface area (Å²) < 4.78 is 0. The molecule has 88 valence electrons. The molecule has 1 rings (SSSR count). The van der Waals surface area contributed by atoms with Crippen molar-refractivity contribution in [3.8, 4) is 0 Å². The van der Waals surface area contributed by atoms with E-state index in [2.05, 4.69) is 13.8 Å². The summed E-state index contributed by atoms with van der Waals surface area (Å²) in [6.45, 7) is 5.80. The Labute approximate surface area is 95.7 Å². The van der Waals surface area contributed by atoms with Crippen LogP contribution in [-0.4, -0.2) is 16.2 Å². The van der Waals surface area contributed by atoms with Gasteiger partial charge in [-0.05, 0) is 42.0 Å². The minimum Gasteiger partial charge on any atom is -0.478 e. The Morgan fingerprint density at radius 3 is 2.44 bits per heavy atom. The molecule has 0 amide bonds. The predicted octanol–water partition coefficient (Wildman–Crippen LogP) is 2.38. The maximum absolute atomic E-state index is 11.1. The zero-order valence-corrected chi connectivity index (χ0v) is 9.95. The molecule has 2 N–H and O–H groups in total. The largest absolute Gasteiger partial charge is 0.478 e. The minimum absolute atomic E-state index is 0.218. The van der Waals surface area contributed by atoms with Gasteiger partial charge in [-0.3, -0.25) is 0 Å². The fourth-order valence-electron chi connectivity index (χ4n) is 1.89. The molecule has 0 spiro atoms. The lowest BCUT2D eigenvalue weighted by Crippen LogP contribution is -2.08. The number of aliphatic hydroxyl groups is 1. The molecular formula is C13H18O3. The van der Waals surface area contributed by atoms with Crippen LogP contribution in [0.5, 0.6) is 0 Å². The van der Waals surface area contributed by atoms with E-state index in [0.29, 0.717) is 11.5 Å². The first-order valence-electron chi connectivity index (χ1n) is 5.42. The van der Waals surface area contributed by atoms with Crippen molar-refractivity contribution in [3.05, 3.63) is 34.4 Å². The summed E-state index contributed by atoms with van der Waals surface area (Å²) in [6, 6.07) is 3.57. The van der Waals surface area contributed by atoms with Gasteiger partial charge < -0.3 is 10.2 Å². The number of carbonyl (C=O) groups is 1. The summed E-state index contributed by atoms with van der Waals surface area (Å²) in [5.41, 5.74) is 2.63. The molecule has 0 radical (unpaired) electrons. The number of rotatable bonds is 4. The monoisotopic (exact) mass is 222 g/mol. The van der Waals surface area contributed by atoms with E-state index in [0.717, 1.165) is 17.5 Å². The van der Waals surface area contributed by atoms with Crippen molar-refractivity contribution in [2.45, 2.75) is 33.8 Å². The lowest BCUT2D eigenvalue weighted by molar-refractivity contribution is 0.0693. The quantitative estimate of drug-likeness (QED) is 0.822. The van der Waals surface area contributed by atoms with Gasteiger partial charge in [0, 0.05) is 0 Å².